The Morgan fingerprint density at radius 1 is 0.931 bits per heavy atom. The van der Waals surface area contributed by atoms with Gasteiger partial charge in [-0.3, -0.25) is 9.59 Å². The maximum atomic E-state index is 13.4. The summed E-state index contributed by atoms with van der Waals surface area (Å²) in [5.74, 6) is -1.15. The van der Waals surface area contributed by atoms with Crippen molar-refractivity contribution in [2.45, 2.75) is 0 Å². The maximum absolute atomic E-state index is 13.4. The molecular formula is C21H15Cl2FN2O3. The van der Waals surface area contributed by atoms with Crippen molar-refractivity contribution in [3.8, 4) is 5.75 Å². The molecule has 0 spiro atoms. The summed E-state index contributed by atoms with van der Waals surface area (Å²) in [5, 5.41) is 5.74. The topological polar surface area (TPSA) is 67.4 Å². The van der Waals surface area contributed by atoms with Gasteiger partial charge in [0.25, 0.3) is 11.8 Å². The maximum Gasteiger partial charge on any atom is 0.257 e. The molecule has 0 heterocycles. The fourth-order valence-corrected chi connectivity index (χ4v) is 2.97. The minimum atomic E-state index is -0.524. The van der Waals surface area contributed by atoms with Gasteiger partial charge in [-0.15, -0.1) is 0 Å². The average Bonchev–Trinajstić information content (AvgIpc) is 2.70. The predicted octanol–water partition coefficient (Wildman–Crippen LogP) is 5.65. The number of benzene rings is 3. The number of carbonyl (C=O) groups excluding carboxylic acids is 2. The number of carbonyl (C=O) groups is 2. The lowest BCUT2D eigenvalue weighted by Crippen LogP contribution is -2.15. The van der Waals surface area contributed by atoms with Crippen LogP contribution in [0.1, 0.15) is 20.7 Å². The molecule has 3 aromatic carbocycles. The second-order valence-corrected chi connectivity index (χ2v) is 6.72. The summed E-state index contributed by atoms with van der Waals surface area (Å²) in [6.45, 7) is 0. The first kappa shape index (κ1) is 20.6. The van der Waals surface area contributed by atoms with Crippen molar-refractivity contribution in [1.29, 1.82) is 0 Å². The molecule has 0 saturated carbocycles. The fourth-order valence-electron chi connectivity index (χ4n) is 2.59. The molecule has 5 nitrogen and oxygen atoms in total. The molecule has 29 heavy (non-hydrogen) atoms. The number of hydrogen-bond donors (Lipinski definition) is 2. The van der Waals surface area contributed by atoms with Crippen molar-refractivity contribution < 1.29 is 18.7 Å². The second-order valence-electron chi connectivity index (χ2n) is 5.94. The van der Waals surface area contributed by atoms with Gasteiger partial charge in [-0.05, 0) is 48.5 Å². The fraction of sp³-hybridized carbons (Fsp3) is 0.0476. The highest BCUT2D eigenvalue weighted by Gasteiger charge is 2.15. The largest absolute Gasteiger partial charge is 0.495 e. The standard InChI is InChI=1S/C21H15Cl2FN2O3/c1-29-18-9-8-14(25-21(28)15-6-3-7-16(22)19(15)23)11-17(18)26-20(27)12-4-2-5-13(24)10-12/h2-11H,1H3,(H,25,28)(H,26,27). The van der Waals surface area contributed by atoms with Gasteiger partial charge in [-0.25, -0.2) is 4.39 Å². The molecule has 0 radical (unpaired) electrons. The third kappa shape index (κ3) is 4.85. The van der Waals surface area contributed by atoms with E-state index < -0.39 is 17.6 Å². The van der Waals surface area contributed by atoms with Gasteiger partial charge in [0.1, 0.15) is 11.6 Å². The van der Waals surface area contributed by atoms with Gasteiger partial charge >= 0.3 is 0 Å². The molecule has 0 fully saturated rings. The number of anilines is 2. The molecule has 0 bridgehead atoms. The van der Waals surface area contributed by atoms with Crippen LogP contribution in [0.5, 0.6) is 5.75 Å². The summed E-state index contributed by atoms with van der Waals surface area (Å²) in [4.78, 5) is 24.9. The van der Waals surface area contributed by atoms with Gasteiger partial charge in [0.2, 0.25) is 0 Å². The van der Waals surface area contributed by atoms with Crippen molar-refractivity contribution in [1.82, 2.24) is 0 Å². The summed E-state index contributed by atoms with van der Waals surface area (Å²) in [7, 11) is 1.44. The van der Waals surface area contributed by atoms with Crippen LogP contribution in [0.2, 0.25) is 10.0 Å². The lowest BCUT2D eigenvalue weighted by atomic mass is 10.1. The number of methoxy groups -OCH3 is 1. The molecule has 3 aromatic rings. The second kappa shape index (κ2) is 8.94. The van der Waals surface area contributed by atoms with Crippen LogP contribution in [0.3, 0.4) is 0 Å². The van der Waals surface area contributed by atoms with E-state index in [1.807, 2.05) is 0 Å². The van der Waals surface area contributed by atoms with Crippen LogP contribution in [0.4, 0.5) is 15.8 Å². The third-order valence-electron chi connectivity index (χ3n) is 3.99. The molecule has 2 amide bonds. The first-order valence-corrected chi connectivity index (χ1v) is 9.15. The molecule has 0 unspecified atom stereocenters. The van der Waals surface area contributed by atoms with Gasteiger partial charge < -0.3 is 15.4 Å². The Balaban J connectivity index is 1.84. The SMILES string of the molecule is COc1ccc(NC(=O)c2cccc(Cl)c2Cl)cc1NC(=O)c1cccc(F)c1. The zero-order chi connectivity index (χ0) is 21.0. The lowest BCUT2D eigenvalue weighted by Gasteiger charge is -2.13. The number of halogens is 3. The molecular weight excluding hydrogens is 418 g/mol. The minimum Gasteiger partial charge on any atom is -0.495 e. The van der Waals surface area contributed by atoms with Crippen LogP contribution in [-0.2, 0) is 0 Å². The molecule has 0 atom stereocenters. The zero-order valence-electron chi connectivity index (χ0n) is 15.1. The number of nitrogens with one attached hydrogen (secondary N) is 2. The van der Waals surface area contributed by atoms with Crippen LogP contribution >= 0.6 is 23.2 Å². The molecule has 8 heteroatoms. The van der Waals surface area contributed by atoms with Crippen LogP contribution in [-0.4, -0.2) is 18.9 Å². The molecule has 0 aliphatic carbocycles. The Labute approximate surface area is 176 Å². The van der Waals surface area contributed by atoms with Crippen molar-refractivity contribution in [3.05, 3.63) is 87.7 Å². The Bertz CT molecular complexity index is 1090. The van der Waals surface area contributed by atoms with Gasteiger partial charge in [-0.2, -0.15) is 0 Å². The number of rotatable bonds is 5. The van der Waals surface area contributed by atoms with Crippen LogP contribution in [0, 0.1) is 5.82 Å². The smallest absolute Gasteiger partial charge is 0.257 e. The monoisotopic (exact) mass is 432 g/mol. The first-order chi connectivity index (χ1) is 13.9. The summed E-state index contributed by atoms with van der Waals surface area (Å²) < 4.78 is 18.6. The van der Waals surface area contributed by atoms with E-state index in [4.69, 9.17) is 27.9 Å². The molecule has 0 saturated heterocycles. The summed E-state index contributed by atoms with van der Waals surface area (Å²) in [5.41, 5.74) is 1.05. The summed E-state index contributed by atoms with van der Waals surface area (Å²) in [6.07, 6.45) is 0. The van der Waals surface area contributed by atoms with E-state index >= 15 is 0 Å². The van der Waals surface area contributed by atoms with Crippen molar-refractivity contribution in [2.24, 2.45) is 0 Å². The van der Waals surface area contributed by atoms with Crippen LogP contribution in [0.25, 0.3) is 0 Å². The Hall–Kier alpha value is -3.09. The van der Waals surface area contributed by atoms with E-state index in [0.29, 0.717) is 17.1 Å². The number of hydrogen-bond acceptors (Lipinski definition) is 3. The molecule has 148 valence electrons. The lowest BCUT2D eigenvalue weighted by molar-refractivity contribution is 0.101. The van der Waals surface area contributed by atoms with Gasteiger partial charge in [0, 0.05) is 11.3 Å². The third-order valence-corrected chi connectivity index (χ3v) is 4.81. The van der Waals surface area contributed by atoms with Crippen molar-refractivity contribution in [2.75, 3.05) is 17.7 Å². The molecule has 2 N–H and O–H groups in total. The quantitative estimate of drug-likeness (QED) is 0.547. The average molecular weight is 433 g/mol. The Morgan fingerprint density at radius 3 is 2.41 bits per heavy atom. The number of amides is 2. The van der Waals surface area contributed by atoms with Gasteiger partial charge in [0.15, 0.2) is 0 Å². The van der Waals surface area contributed by atoms with Crippen LogP contribution < -0.4 is 15.4 Å². The highest BCUT2D eigenvalue weighted by molar-refractivity contribution is 6.44. The first-order valence-electron chi connectivity index (χ1n) is 8.39. The Morgan fingerprint density at radius 2 is 1.69 bits per heavy atom. The normalized spacial score (nSPS) is 10.3. The van der Waals surface area contributed by atoms with Crippen LogP contribution in [0.15, 0.2) is 60.7 Å². The van der Waals surface area contributed by atoms with Crippen molar-refractivity contribution in [3.63, 3.8) is 0 Å². The summed E-state index contributed by atoms with van der Waals surface area (Å²) in [6, 6.07) is 14.7. The van der Waals surface area contributed by atoms with E-state index in [1.54, 1.807) is 30.3 Å². The van der Waals surface area contributed by atoms with E-state index in [0.717, 1.165) is 6.07 Å². The van der Waals surface area contributed by atoms with E-state index in [9.17, 15) is 14.0 Å². The highest BCUT2D eigenvalue weighted by Crippen LogP contribution is 2.30. The molecule has 0 aliphatic heterocycles. The molecule has 0 aliphatic rings. The molecule has 3 rings (SSSR count). The summed E-state index contributed by atoms with van der Waals surface area (Å²) >= 11 is 12.0. The number of ether oxygens (including phenoxy) is 1. The minimum absolute atomic E-state index is 0.139. The predicted molar refractivity (Wildman–Crippen MR) is 112 cm³/mol. The van der Waals surface area contributed by atoms with E-state index in [1.165, 1.54) is 31.4 Å². The van der Waals surface area contributed by atoms with Gasteiger partial charge in [-0.1, -0.05) is 35.3 Å². The zero-order valence-corrected chi connectivity index (χ0v) is 16.6. The van der Waals surface area contributed by atoms with Gasteiger partial charge in [0.05, 0.1) is 28.4 Å². The molecule has 0 aromatic heterocycles. The van der Waals surface area contributed by atoms with E-state index in [2.05, 4.69) is 10.6 Å². The van der Waals surface area contributed by atoms with E-state index in [-0.39, 0.29) is 21.2 Å². The Kier molecular flexibility index (Phi) is 6.36. The highest BCUT2D eigenvalue weighted by atomic mass is 35.5. The van der Waals surface area contributed by atoms with Crippen molar-refractivity contribution >= 4 is 46.4 Å².